The number of rotatable bonds is 4. The fraction of sp³-hybridized carbons (Fsp3) is 0.529. The predicted octanol–water partition coefficient (Wildman–Crippen LogP) is 2.33. The van der Waals surface area contributed by atoms with Crippen molar-refractivity contribution in [2.75, 3.05) is 13.1 Å². The van der Waals surface area contributed by atoms with Gasteiger partial charge >= 0.3 is 5.97 Å². The Hall–Kier alpha value is -1.84. The molecule has 1 aliphatic heterocycles. The van der Waals surface area contributed by atoms with Gasteiger partial charge in [0.15, 0.2) is 0 Å². The number of carboxylic acids is 1. The van der Waals surface area contributed by atoms with Crippen LogP contribution < -0.4 is 0 Å². The summed E-state index contributed by atoms with van der Waals surface area (Å²) in [5, 5.41) is 9.08. The molecule has 1 saturated carbocycles. The normalized spacial score (nSPS) is 23.6. The molecule has 4 nitrogen and oxygen atoms in total. The van der Waals surface area contributed by atoms with Crippen LogP contribution in [-0.4, -0.2) is 35.0 Å². The summed E-state index contributed by atoms with van der Waals surface area (Å²) in [7, 11) is 0. The molecule has 1 aromatic rings. The highest BCUT2D eigenvalue weighted by atomic mass is 16.4. The molecule has 4 heteroatoms. The average molecular weight is 287 g/mol. The largest absolute Gasteiger partial charge is 0.481 e. The van der Waals surface area contributed by atoms with E-state index in [-0.39, 0.29) is 17.2 Å². The molecular formula is C17H21NO3. The van der Waals surface area contributed by atoms with Gasteiger partial charge in [0.05, 0.1) is 11.3 Å². The van der Waals surface area contributed by atoms with Crippen LogP contribution in [0.3, 0.4) is 0 Å². The van der Waals surface area contributed by atoms with E-state index in [0.29, 0.717) is 19.5 Å². The molecule has 0 spiro atoms. The van der Waals surface area contributed by atoms with Gasteiger partial charge in [0.1, 0.15) is 0 Å². The topological polar surface area (TPSA) is 57.6 Å². The highest BCUT2D eigenvalue weighted by Gasteiger charge is 2.47. The Kier molecular flexibility index (Phi) is 3.70. The third kappa shape index (κ3) is 2.67. The van der Waals surface area contributed by atoms with Crippen molar-refractivity contribution < 1.29 is 14.7 Å². The molecule has 1 atom stereocenters. The Balaban J connectivity index is 1.71. The van der Waals surface area contributed by atoms with Crippen LogP contribution in [0.2, 0.25) is 0 Å². The smallest absolute Gasteiger partial charge is 0.308 e. The van der Waals surface area contributed by atoms with Crippen LogP contribution in [0, 0.1) is 11.3 Å². The second-order valence-electron chi connectivity index (χ2n) is 6.37. The molecule has 0 aromatic heterocycles. The lowest BCUT2D eigenvalue weighted by Crippen LogP contribution is -2.48. The molecule has 21 heavy (non-hydrogen) atoms. The molecule has 1 N–H and O–H groups in total. The summed E-state index contributed by atoms with van der Waals surface area (Å²) in [4.78, 5) is 25.7. The molecule has 1 unspecified atom stereocenters. The maximum atomic E-state index is 12.9. The highest BCUT2D eigenvalue weighted by Crippen LogP contribution is 2.46. The first-order valence-corrected chi connectivity index (χ1v) is 7.67. The van der Waals surface area contributed by atoms with Crippen LogP contribution in [0.5, 0.6) is 0 Å². The van der Waals surface area contributed by atoms with E-state index >= 15 is 0 Å². The molecule has 1 amide bonds. The summed E-state index contributed by atoms with van der Waals surface area (Å²) in [5.41, 5.74) is 0.911. The maximum absolute atomic E-state index is 12.9. The second-order valence-corrected chi connectivity index (χ2v) is 6.37. The Morgan fingerprint density at radius 1 is 1.24 bits per heavy atom. The van der Waals surface area contributed by atoms with E-state index in [1.54, 1.807) is 4.90 Å². The molecule has 1 saturated heterocycles. The second kappa shape index (κ2) is 5.51. The molecule has 2 fully saturated rings. The molecule has 1 aromatic carbocycles. The standard InChI is InChI=1S/C17H21NO3/c19-15(20)14-7-10-18(12-14)16(21)17(8-4-9-17)11-13-5-2-1-3-6-13/h1-3,5-6,14H,4,7-12H2,(H,19,20). The van der Waals surface area contributed by atoms with Gasteiger partial charge < -0.3 is 10.0 Å². The van der Waals surface area contributed by atoms with E-state index in [1.165, 1.54) is 5.56 Å². The summed E-state index contributed by atoms with van der Waals surface area (Å²) in [5.74, 6) is -1.000. The first-order valence-electron chi connectivity index (χ1n) is 7.67. The zero-order chi connectivity index (χ0) is 14.9. The lowest BCUT2D eigenvalue weighted by atomic mass is 9.64. The fourth-order valence-corrected chi connectivity index (χ4v) is 3.54. The predicted molar refractivity (Wildman–Crippen MR) is 78.8 cm³/mol. The van der Waals surface area contributed by atoms with Gasteiger partial charge in [0.2, 0.25) is 5.91 Å². The summed E-state index contributed by atoms with van der Waals surface area (Å²) in [6, 6.07) is 10.1. The minimum atomic E-state index is -0.781. The fourth-order valence-electron chi connectivity index (χ4n) is 3.54. The van der Waals surface area contributed by atoms with E-state index in [0.717, 1.165) is 25.7 Å². The summed E-state index contributed by atoms with van der Waals surface area (Å²) >= 11 is 0. The van der Waals surface area contributed by atoms with E-state index in [9.17, 15) is 9.59 Å². The van der Waals surface area contributed by atoms with Crippen LogP contribution in [0.1, 0.15) is 31.2 Å². The number of amides is 1. The number of carboxylic acid groups (broad SMARTS) is 1. The minimum absolute atomic E-state index is 0.168. The van der Waals surface area contributed by atoms with Crippen LogP contribution in [0.15, 0.2) is 30.3 Å². The minimum Gasteiger partial charge on any atom is -0.481 e. The number of nitrogens with zero attached hydrogens (tertiary/aromatic N) is 1. The Morgan fingerprint density at radius 2 is 1.95 bits per heavy atom. The molecule has 0 bridgehead atoms. The van der Waals surface area contributed by atoms with Crippen molar-refractivity contribution in [2.45, 2.75) is 32.1 Å². The van der Waals surface area contributed by atoms with E-state index < -0.39 is 5.97 Å². The number of hydrogen-bond acceptors (Lipinski definition) is 2. The molecule has 0 radical (unpaired) electrons. The monoisotopic (exact) mass is 287 g/mol. The van der Waals surface area contributed by atoms with Gasteiger partial charge in [-0.2, -0.15) is 0 Å². The van der Waals surface area contributed by atoms with Gasteiger partial charge in [-0.25, -0.2) is 0 Å². The molecule has 1 aliphatic carbocycles. The van der Waals surface area contributed by atoms with Crippen LogP contribution in [-0.2, 0) is 16.0 Å². The number of benzene rings is 1. The van der Waals surface area contributed by atoms with Gasteiger partial charge in [-0.3, -0.25) is 9.59 Å². The first kappa shape index (κ1) is 14.1. The third-order valence-electron chi connectivity index (χ3n) is 4.97. The molecule has 1 heterocycles. The van der Waals surface area contributed by atoms with Crippen LogP contribution in [0.4, 0.5) is 0 Å². The van der Waals surface area contributed by atoms with E-state index in [1.807, 2.05) is 18.2 Å². The van der Waals surface area contributed by atoms with Crippen molar-refractivity contribution in [3.63, 3.8) is 0 Å². The van der Waals surface area contributed by atoms with Crippen molar-refractivity contribution in [2.24, 2.45) is 11.3 Å². The maximum Gasteiger partial charge on any atom is 0.308 e. The number of likely N-dealkylation sites (tertiary alicyclic amines) is 1. The number of aliphatic carboxylic acids is 1. The quantitative estimate of drug-likeness (QED) is 0.924. The van der Waals surface area contributed by atoms with Gasteiger partial charge in [0, 0.05) is 13.1 Å². The van der Waals surface area contributed by atoms with Gasteiger partial charge in [-0.05, 0) is 31.2 Å². The van der Waals surface area contributed by atoms with E-state index in [4.69, 9.17) is 5.11 Å². The SMILES string of the molecule is O=C(O)C1CCN(C(=O)C2(Cc3ccccc3)CCC2)C1. The van der Waals surface area contributed by atoms with Crippen LogP contribution >= 0.6 is 0 Å². The van der Waals surface area contributed by atoms with Crippen molar-refractivity contribution in [3.8, 4) is 0 Å². The molecule has 3 rings (SSSR count). The lowest BCUT2D eigenvalue weighted by Gasteiger charge is -2.43. The van der Waals surface area contributed by atoms with Crippen molar-refractivity contribution in [3.05, 3.63) is 35.9 Å². The van der Waals surface area contributed by atoms with Gasteiger partial charge in [0.25, 0.3) is 0 Å². The Labute approximate surface area is 124 Å². The number of carbonyl (C=O) groups is 2. The van der Waals surface area contributed by atoms with Crippen LogP contribution in [0.25, 0.3) is 0 Å². The zero-order valence-corrected chi connectivity index (χ0v) is 12.1. The summed E-state index contributed by atoms with van der Waals surface area (Å²) < 4.78 is 0. The zero-order valence-electron chi connectivity index (χ0n) is 12.1. The number of hydrogen-bond donors (Lipinski definition) is 1. The molecule has 112 valence electrons. The summed E-state index contributed by atoms with van der Waals surface area (Å²) in [6.07, 6.45) is 4.31. The Bertz CT molecular complexity index is 536. The van der Waals surface area contributed by atoms with E-state index in [2.05, 4.69) is 12.1 Å². The Morgan fingerprint density at radius 3 is 2.48 bits per heavy atom. The molecule has 2 aliphatic rings. The third-order valence-corrected chi connectivity index (χ3v) is 4.97. The number of carbonyl (C=O) groups excluding carboxylic acids is 1. The van der Waals surface area contributed by atoms with Gasteiger partial charge in [-0.15, -0.1) is 0 Å². The van der Waals surface area contributed by atoms with Crippen molar-refractivity contribution >= 4 is 11.9 Å². The van der Waals surface area contributed by atoms with Crippen molar-refractivity contribution in [1.29, 1.82) is 0 Å². The average Bonchev–Trinajstić information content (AvgIpc) is 2.93. The lowest BCUT2D eigenvalue weighted by molar-refractivity contribution is -0.147. The van der Waals surface area contributed by atoms with Gasteiger partial charge in [-0.1, -0.05) is 36.8 Å². The summed E-state index contributed by atoms with van der Waals surface area (Å²) in [6.45, 7) is 0.969. The molecular weight excluding hydrogens is 266 g/mol. The first-order chi connectivity index (χ1) is 10.1. The van der Waals surface area contributed by atoms with Crippen molar-refractivity contribution in [1.82, 2.24) is 4.90 Å². The highest BCUT2D eigenvalue weighted by molar-refractivity contribution is 5.85.